The van der Waals surface area contributed by atoms with E-state index in [-0.39, 0.29) is 19.2 Å². The number of rotatable bonds is 7. The number of aliphatic hydroxyl groups excluding tert-OH is 1. The third-order valence-electron chi connectivity index (χ3n) is 3.99. The lowest BCUT2D eigenvalue weighted by Crippen LogP contribution is -2.34. The molecule has 0 unspecified atom stereocenters. The molecule has 2 aromatic carbocycles. The van der Waals surface area contributed by atoms with E-state index in [1.165, 1.54) is 4.90 Å². The molecule has 134 valence electrons. The van der Waals surface area contributed by atoms with Crippen LogP contribution >= 0.6 is 0 Å². The average molecular weight is 352 g/mol. The summed E-state index contributed by atoms with van der Waals surface area (Å²) in [6.07, 6.45) is 0. The van der Waals surface area contributed by atoms with Gasteiger partial charge in [0.1, 0.15) is 0 Å². The van der Waals surface area contributed by atoms with Crippen LogP contribution in [0.4, 0.5) is 0 Å². The van der Waals surface area contributed by atoms with Crippen molar-refractivity contribution in [1.82, 2.24) is 4.90 Å². The van der Waals surface area contributed by atoms with Gasteiger partial charge in [0.05, 0.1) is 12.6 Å². The van der Waals surface area contributed by atoms with Gasteiger partial charge in [0.2, 0.25) is 5.39 Å². The van der Waals surface area contributed by atoms with Gasteiger partial charge >= 0.3 is 17.5 Å². The number of hydrogen-bond acceptors (Lipinski definition) is 4. The third-order valence-corrected chi connectivity index (χ3v) is 3.99. The molecule has 0 radical (unpaired) electrons. The van der Waals surface area contributed by atoms with Crippen LogP contribution in [0.15, 0.2) is 72.3 Å². The quantitative estimate of drug-likeness (QED) is 0.455. The molecule has 0 aliphatic carbocycles. The summed E-state index contributed by atoms with van der Waals surface area (Å²) in [5.74, 6) is -1.32. The van der Waals surface area contributed by atoms with Crippen molar-refractivity contribution in [2.75, 3.05) is 6.61 Å². The molecule has 1 atom stereocenters. The van der Waals surface area contributed by atoms with E-state index in [1.807, 2.05) is 67.6 Å². The summed E-state index contributed by atoms with van der Waals surface area (Å²) in [6.45, 7) is 3.96. The van der Waals surface area contributed by atoms with Gasteiger partial charge in [-0.25, -0.2) is 0 Å². The summed E-state index contributed by atoms with van der Waals surface area (Å²) >= 11 is 0. The molecule has 0 spiro atoms. The van der Waals surface area contributed by atoms with Crippen LogP contribution in [0.25, 0.3) is 4.98 Å². The lowest BCUT2D eigenvalue weighted by atomic mass is 10.1. The number of hydrogen-bond donors (Lipinski definition) is 1. The molecular formula is C20H22N3O3+. The monoisotopic (exact) mass is 352 g/mol. The van der Waals surface area contributed by atoms with Crippen LogP contribution in [-0.2, 0) is 16.1 Å². The Bertz CT molecular complexity index is 798. The van der Waals surface area contributed by atoms with Gasteiger partial charge in [0, 0.05) is 6.54 Å². The van der Waals surface area contributed by atoms with E-state index in [9.17, 15) is 15.3 Å². The van der Waals surface area contributed by atoms with Gasteiger partial charge in [-0.2, -0.15) is 0 Å². The number of benzene rings is 2. The van der Waals surface area contributed by atoms with Crippen LogP contribution in [0.2, 0.25) is 0 Å². The second kappa shape index (κ2) is 9.23. The molecule has 0 heterocycles. The van der Waals surface area contributed by atoms with E-state index in [4.69, 9.17) is 4.74 Å². The molecule has 0 saturated carbocycles. The van der Waals surface area contributed by atoms with Gasteiger partial charge < -0.3 is 14.7 Å². The van der Waals surface area contributed by atoms with Crippen molar-refractivity contribution < 1.29 is 14.6 Å². The lowest BCUT2D eigenvalue weighted by Gasteiger charge is -2.27. The van der Waals surface area contributed by atoms with Crippen molar-refractivity contribution in [2.45, 2.75) is 26.4 Å². The molecule has 0 fully saturated rings. The minimum atomic E-state index is -0.696. The highest BCUT2D eigenvalue weighted by Gasteiger charge is 2.37. The highest BCUT2D eigenvalue weighted by atomic mass is 16.6. The van der Waals surface area contributed by atoms with E-state index in [0.717, 1.165) is 11.1 Å². The van der Waals surface area contributed by atoms with Crippen LogP contribution in [0.5, 0.6) is 0 Å². The third kappa shape index (κ3) is 4.61. The maximum atomic E-state index is 13.0. The minimum absolute atomic E-state index is 0.144. The normalized spacial score (nSPS) is 12.5. The SMILES string of the molecule is CCO/C(O)=C(/[N+]#N)C(=O)N(Cc1ccccc1)[C@@H](C)c1ccccc1. The first-order valence-corrected chi connectivity index (χ1v) is 8.39. The molecule has 2 aromatic rings. The highest BCUT2D eigenvalue weighted by molar-refractivity contribution is 5.95. The molecule has 26 heavy (non-hydrogen) atoms. The molecule has 1 N–H and O–H groups in total. The molecule has 6 heteroatoms. The predicted molar refractivity (Wildman–Crippen MR) is 98.2 cm³/mol. The maximum absolute atomic E-state index is 13.0. The zero-order valence-corrected chi connectivity index (χ0v) is 14.9. The van der Waals surface area contributed by atoms with Crippen LogP contribution in [-0.4, -0.2) is 22.5 Å². The number of amides is 1. The van der Waals surface area contributed by atoms with Crippen LogP contribution in [0.1, 0.15) is 31.0 Å². The van der Waals surface area contributed by atoms with E-state index in [0.29, 0.717) is 0 Å². The van der Waals surface area contributed by atoms with Crippen molar-refractivity contribution in [3.05, 3.63) is 88.4 Å². The fourth-order valence-electron chi connectivity index (χ4n) is 2.59. The average Bonchev–Trinajstić information content (AvgIpc) is 2.68. The summed E-state index contributed by atoms with van der Waals surface area (Å²) in [4.78, 5) is 17.5. The van der Waals surface area contributed by atoms with Gasteiger partial charge in [0.25, 0.3) is 0 Å². The first-order valence-electron chi connectivity index (χ1n) is 8.39. The Kier molecular flexibility index (Phi) is 6.75. The standard InChI is InChI=1S/C20H21N3O3/c1-3-26-20(25)18(22-21)19(24)23(14-16-10-6-4-7-11-16)15(2)17-12-8-5-9-13-17/h4-13,15H,3,14H2,1-2H3/p+1/t15-/m0/s1. The molecule has 2 rings (SSSR count). The van der Waals surface area contributed by atoms with Crippen molar-refractivity contribution in [2.24, 2.45) is 0 Å². The highest BCUT2D eigenvalue weighted by Crippen LogP contribution is 2.25. The van der Waals surface area contributed by atoms with Crippen LogP contribution < -0.4 is 0 Å². The van der Waals surface area contributed by atoms with E-state index in [1.54, 1.807) is 6.92 Å². The molecule has 6 nitrogen and oxygen atoms in total. The van der Waals surface area contributed by atoms with Crippen molar-refractivity contribution in [3.8, 4) is 0 Å². The summed E-state index contributed by atoms with van der Waals surface area (Å²) in [5.41, 5.74) is 1.31. The molecule has 0 aliphatic rings. The summed E-state index contributed by atoms with van der Waals surface area (Å²) < 4.78 is 4.94. The Morgan fingerprint density at radius 1 is 1.15 bits per heavy atom. The first-order chi connectivity index (χ1) is 12.6. The van der Waals surface area contributed by atoms with Crippen molar-refractivity contribution >= 4 is 5.91 Å². The Morgan fingerprint density at radius 2 is 1.73 bits per heavy atom. The van der Waals surface area contributed by atoms with Crippen molar-refractivity contribution in [1.29, 1.82) is 5.39 Å². The molecule has 0 aromatic heterocycles. The number of diazo groups is 1. The van der Waals surface area contributed by atoms with Gasteiger partial charge in [-0.3, -0.25) is 4.79 Å². The maximum Gasteiger partial charge on any atom is 0.527 e. The lowest BCUT2D eigenvalue weighted by molar-refractivity contribution is -0.130. The zero-order chi connectivity index (χ0) is 18.9. The number of aliphatic hydroxyl groups is 1. The van der Waals surface area contributed by atoms with Gasteiger partial charge in [-0.1, -0.05) is 60.7 Å². The number of nitrogens with zero attached hydrogens (tertiary/aromatic N) is 3. The Hall–Kier alpha value is -3.33. The zero-order valence-electron chi connectivity index (χ0n) is 14.9. The van der Waals surface area contributed by atoms with Gasteiger partial charge in [0.15, 0.2) is 4.98 Å². The van der Waals surface area contributed by atoms with Crippen molar-refractivity contribution in [3.63, 3.8) is 0 Å². The minimum Gasteiger partial charge on any atom is -0.475 e. The predicted octanol–water partition coefficient (Wildman–Crippen LogP) is 4.39. The second-order valence-corrected chi connectivity index (χ2v) is 5.69. The smallest absolute Gasteiger partial charge is 0.475 e. The topological polar surface area (TPSA) is 77.9 Å². The van der Waals surface area contributed by atoms with E-state index in [2.05, 4.69) is 4.98 Å². The van der Waals surface area contributed by atoms with Gasteiger partial charge in [-0.05, 0) is 25.0 Å². The molecule has 0 bridgehead atoms. The van der Waals surface area contributed by atoms with E-state index < -0.39 is 17.5 Å². The summed E-state index contributed by atoms with van der Waals surface area (Å²) in [5, 5.41) is 19.1. The Balaban J connectivity index is 2.41. The second-order valence-electron chi connectivity index (χ2n) is 5.69. The summed E-state index contributed by atoms with van der Waals surface area (Å²) in [6, 6.07) is 18.7. The van der Waals surface area contributed by atoms with Gasteiger partial charge in [-0.15, -0.1) is 0 Å². The Morgan fingerprint density at radius 3 is 2.27 bits per heavy atom. The number of carbonyl (C=O) groups is 1. The van der Waals surface area contributed by atoms with Crippen LogP contribution in [0, 0.1) is 5.39 Å². The summed E-state index contributed by atoms with van der Waals surface area (Å²) in [7, 11) is 0. The molecule has 0 aliphatic heterocycles. The molecule has 0 saturated heterocycles. The first kappa shape index (κ1) is 19.0. The fraction of sp³-hybridized carbons (Fsp3) is 0.250. The number of carbonyl (C=O) groups excluding carboxylic acids is 1. The van der Waals surface area contributed by atoms with E-state index >= 15 is 0 Å². The largest absolute Gasteiger partial charge is 0.527 e. The Labute approximate surface area is 153 Å². The van der Waals surface area contributed by atoms with Crippen LogP contribution in [0.3, 0.4) is 0 Å². The molecule has 1 amide bonds. The number of ether oxygens (including phenoxy) is 1. The fourth-order valence-corrected chi connectivity index (χ4v) is 2.59. The molecular weight excluding hydrogens is 330 g/mol.